The molecular weight excluding hydrogens is 338 g/mol. The Morgan fingerprint density at radius 1 is 1.32 bits per heavy atom. The largest absolute Gasteiger partial charge is 0.479 e. The highest BCUT2D eigenvalue weighted by Gasteiger charge is 2.05. The molecule has 1 amide bonds. The summed E-state index contributed by atoms with van der Waals surface area (Å²) in [7, 11) is 0. The SMILES string of the molecule is Cc1cc(C)nc(SCC(=O)N/N=C\c2ccc(OCC#N)cc2)n1. The van der Waals surface area contributed by atoms with Crippen molar-refractivity contribution in [1.29, 1.82) is 5.26 Å². The maximum absolute atomic E-state index is 11.8. The number of hydrogen-bond acceptors (Lipinski definition) is 7. The van der Waals surface area contributed by atoms with E-state index >= 15 is 0 Å². The molecule has 0 radical (unpaired) electrons. The molecule has 1 aromatic heterocycles. The molecule has 0 unspecified atom stereocenters. The van der Waals surface area contributed by atoms with Gasteiger partial charge in [-0.1, -0.05) is 11.8 Å². The molecule has 1 heterocycles. The van der Waals surface area contributed by atoms with Crippen LogP contribution in [0.2, 0.25) is 0 Å². The number of amides is 1. The minimum Gasteiger partial charge on any atom is -0.479 e. The lowest BCUT2D eigenvalue weighted by atomic mass is 10.2. The Balaban J connectivity index is 1.79. The molecular formula is C17H17N5O2S. The van der Waals surface area contributed by atoms with Gasteiger partial charge >= 0.3 is 0 Å². The average molecular weight is 355 g/mol. The van der Waals surface area contributed by atoms with E-state index in [9.17, 15) is 4.79 Å². The van der Waals surface area contributed by atoms with Crippen LogP contribution in [0.25, 0.3) is 0 Å². The maximum Gasteiger partial charge on any atom is 0.250 e. The predicted octanol–water partition coefficient (Wildman–Crippen LogP) is 2.24. The van der Waals surface area contributed by atoms with Gasteiger partial charge in [-0.25, -0.2) is 15.4 Å². The second kappa shape index (κ2) is 9.39. The molecule has 0 saturated carbocycles. The Labute approximate surface area is 150 Å². The van der Waals surface area contributed by atoms with E-state index < -0.39 is 0 Å². The lowest BCUT2D eigenvalue weighted by molar-refractivity contribution is -0.118. The summed E-state index contributed by atoms with van der Waals surface area (Å²) in [6.07, 6.45) is 1.53. The van der Waals surface area contributed by atoms with E-state index in [-0.39, 0.29) is 18.3 Å². The van der Waals surface area contributed by atoms with Gasteiger partial charge in [0, 0.05) is 11.4 Å². The quantitative estimate of drug-likeness (QED) is 0.354. The monoisotopic (exact) mass is 355 g/mol. The highest BCUT2D eigenvalue weighted by Crippen LogP contribution is 2.13. The number of rotatable bonds is 7. The Hall–Kier alpha value is -2.92. The van der Waals surface area contributed by atoms with Crippen LogP contribution in [0.4, 0.5) is 0 Å². The van der Waals surface area contributed by atoms with Crippen LogP contribution in [0, 0.1) is 25.2 Å². The van der Waals surface area contributed by atoms with Crippen molar-refractivity contribution in [3.05, 3.63) is 47.3 Å². The molecule has 0 bridgehead atoms. The number of nitrogens with zero attached hydrogens (tertiary/aromatic N) is 4. The molecule has 0 aliphatic heterocycles. The first-order valence-corrected chi connectivity index (χ1v) is 8.42. The van der Waals surface area contributed by atoms with Crippen LogP contribution in [0.3, 0.4) is 0 Å². The molecule has 7 nitrogen and oxygen atoms in total. The van der Waals surface area contributed by atoms with E-state index in [4.69, 9.17) is 10.00 Å². The summed E-state index contributed by atoms with van der Waals surface area (Å²) in [6.45, 7) is 3.78. The first kappa shape index (κ1) is 18.4. The van der Waals surface area contributed by atoms with Crippen molar-refractivity contribution in [3.63, 3.8) is 0 Å². The number of benzene rings is 1. The fraction of sp³-hybridized carbons (Fsp3) is 0.235. The Morgan fingerprint density at radius 2 is 2.00 bits per heavy atom. The number of hydrazone groups is 1. The second-order valence-electron chi connectivity index (χ2n) is 5.03. The standard InChI is InChI=1S/C17H17N5O2S/c1-12-9-13(2)21-17(20-12)25-11-16(23)22-19-10-14-3-5-15(6-4-14)24-8-7-18/h3-6,9-10H,8,11H2,1-2H3,(H,22,23)/b19-10-. The summed E-state index contributed by atoms with van der Waals surface area (Å²) < 4.78 is 5.15. The normalized spacial score (nSPS) is 10.4. The van der Waals surface area contributed by atoms with Gasteiger partial charge < -0.3 is 4.74 Å². The van der Waals surface area contributed by atoms with Crippen molar-refractivity contribution in [2.45, 2.75) is 19.0 Å². The molecule has 2 rings (SSSR count). The summed E-state index contributed by atoms with van der Waals surface area (Å²) in [6, 6.07) is 10.8. The van der Waals surface area contributed by atoms with E-state index in [1.807, 2.05) is 26.0 Å². The third-order valence-corrected chi connectivity index (χ3v) is 3.73. The van der Waals surface area contributed by atoms with Crippen molar-refractivity contribution in [2.75, 3.05) is 12.4 Å². The fourth-order valence-corrected chi connectivity index (χ4v) is 2.61. The van der Waals surface area contributed by atoms with Gasteiger partial charge in [0.25, 0.3) is 5.91 Å². The van der Waals surface area contributed by atoms with Crippen LogP contribution >= 0.6 is 11.8 Å². The van der Waals surface area contributed by atoms with Crippen LogP contribution in [-0.2, 0) is 4.79 Å². The first-order valence-electron chi connectivity index (χ1n) is 7.43. The van der Waals surface area contributed by atoms with Crippen molar-refractivity contribution in [3.8, 4) is 11.8 Å². The molecule has 2 aromatic rings. The number of carbonyl (C=O) groups excluding carboxylic acids is 1. The molecule has 0 fully saturated rings. The molecule has 0 atom stereocenters. The summed E-state index contributed by atoms with van der Waals surface area (Å²) in [5.74, 6) is 0.548. The number of thioether (sulfide) groups is 1. The molecule has 8 heteroatoms. The van der Waals surface area contributed by atoms with Crippen LogP contribution in [0.1, 0.15) is 17.0 Å². The number of aromatic nitrogens is 2. The molecule has 25 heavy (non-hydrogen) atoms. The zero-order valence-corrected chi connectivity index (χ0v) is 14.7. The van der Waals surface area contributed by atoms with Crippen molar-refractivity contribution < 1.29 is 9.53 Å². The zero-order valence-electron chi connectivity index (χ0n) is 13.9. The Kier molecular flexibility index (Phi) is 6.92. The molecule has 1 aromatic carbocycles. The topological polar surface area (TPSA) is 100 Å². The van der Waals surface area contributed by atoms with Crippen LogP contribution in [0.15, 0.2) is 40.6 Å². The van der Waals surface area contributed by atoms with Crippen molar-refractivity contribution in [1.82, 2.24) is 15.4 Å². The average Bonchev–Trinajstić information content (AvgIpc) is 2.58. The molecule has 0 spiro atoms. The van der Waals surface area contributed by atoms with E-state index in [2.05, 4.69) is 20.5 Å². The van der Waals surface area contributed by atoms with Gasteiger partial charge in [0.1, 0.15) is 11.8 Å². The number of ether oxygens (including phenoxy) is 1. The van der Waals surface area contributed by atoms with Gasteiger partial charge in [0.05, 0.1) is 12.0 Å². The number of nitriles is 1. The smallest absolute Gasteiger partial charge is 0.250 e. The van der Waals surface area contributed by atoms with E-state index in [0.717, 1.165) is 17.0 Å². The highest BCUT2D eigenvalue weighted by atomic mass is 32.2. The molecule has 1 N–H and O–H groups in total. The number of carbonyl (C=O) groups is 1. The summed E-state index contributed by atoms with van der Waals surface area (Å²) in [4.78, 5) is 20.3. The number of aryl methyl sites for hydroxylation is 2. The van der Waals surface area contributed by atoms with Gasteiger partial charge in [-0.2, -0.15) is 10.4 Å². The minimum atomic E-state index is -0.238. The number of hydrogen-bond donors (Lipinski definition) is 1. The predicted molar refractivity (Wildman–Crippen MR) is 95.5 cm³/mol. The fourth-order valence-electron chi connectivity index (χ4n) is 1.87. The zero-order chi connectivity index (χ0) is 18.1. The lowest BCUT2D eigenvalue weighted by Crippen LogP contribution is -2.19. The van der Waals surface area contributed by atoms with Gasteiger partial charge in [-0.3, -0.25) is 4.79 Å². The molecule has 128 valence electrons. The van der Waals surface area contributed by atoms with Gasteiger partial charge in [-0.05, 0) is 49.7 Å². The van der Waals surface area contributed by atoms with Gasteiger partial charge in [0.2, 0.25) is 0 Å². The molecule has 0 aliphatic rings. The molecule has 0 aliphatic carbocycles. The van der Waals surface area contributed by atoms with Crippen LogP contribution in [0.5, 0.6) is 5.75 Å². The summed E-state index contributed by atoms with van der Waals surface area (Å²) >= 11 is 1.26. The maximum atomic E-state index is 11.8. The Bertz CT molecular complexity index is 779. The third-order valence-electron chi connectivity index (χ3n) is 2.88. The van der Waals surface area contributed by atoms with Gasteiger partial charge in [0.15, 0.2) is 11.8 Å². The van der Waals surface area contributed by atoms with Gasteiger partial charge in [-0.15, -0.1) is 0 Å². The summed E-state index contributed by atoms with van der Waals surface area (Å²) in [5.41, 5.74) is 5.00. The van der Waals surface area contributed by atoms with Crippen LogP contribution in [-0.4, -0.2) is 34.4 Å². The van der Waals surface area contributed by atoms with Crippen molar-refractivity contribution >= 4 is 23.9 Å². The van der Waals surface area contributed by atoms with Crippen LogP contribution < -0.4 is 10.2 Å². The third kappa shape index (κ3) is 6.61. The Morgan fingerprint density at radius 3 is 2.64 bits per heavy atom. The number of nitrogens with one attached hydrogen (secondary N) is 1. The van der Waals surface area contributed by atoms with E-state index in [1.54, 1.807) is 24.3 Å². The highest BCUT2D eigenvalue weighted by molar-refractivity contribution is 7.99. The second-order valence-corrected chi connectivity index (χ2v) is 5.97. The first-order chi connectivity index (χ1) is 12.1. The lowest BCUT2D eigenvalue weighted by Gasteiger charge is -2.02. The van der Waals surface area contributed by atoms with E-state index in [1.165, 1.54) is 18.0 Å². The molecule has 0 saturated heterocycles. The van der Waals surface area contributed by atoms with Crippen molar-refractivity contribution in [2.24, 2.45) is 5.10 Å². The summed E-state index contributed by atoms with van der Waals surface area (Å²) in [5, 5.41) is 12.9. The minimum absolute atomic E-state index is 0.00530. The van der Waals surface area contributed by atoms with E-state index in [0.29, 0.717) is 10.9 Å².